The van der Waals surface area contributed by atoms with Gasteiger partial charge in [0.2, 0.25) is 5.82 Å². The van der Waals surface area contributed by atoms with Crippen LogP contribution in [0.1, 0.15) is 61.5 Å². The summed E-state index contributed by atoms with van der Waals surface area (Å²) < 4.78 is 52.3. The highest BCUT2D eigenvalue weighted by molar-refractivity contribution is 6.01. The van der Waals surface area contributed by atoms with Crippen molar-refractivity contribution in [3.8, 4) is 16.9 Å². The Bertz CT molecular complexity index is 1210. The summed E-state index contributed by atoms with van der Waals surface area (Å²) in [6.07, 6.45) is 2.17. The van der Waals surface area contributed by atoms with Crippen LogP contribution in [-0.4, -0.2) is 45.4 Å². The van der Waals surface area contributed by atoms with Gasteiger partial charge in [-0.2, -0.15) is 13.2 Å². The Morgan fingerprint density at radius 1 is 1.16 bits per heavy atom. The molecule has 1 fully saturated rings. The number of carbonyl (C=O) groups is 1. The van der Waals surface area contributed by atoms with Crippen molar-refractivity contribution in [2.75, 3.05) is 18.5 Å². The van der Waals surface area contributed by atoms with Gasteiger partial charge < -0.3 is 14.8 Å². The first-order valence-electron chi connectivity index (χ1n) is 12.3. The molecule has 8 nitrogen and oxygen atoms in total. The molecule has 2 N–H and O–H groups in total. The molecule has 1 aliphatic carbocycles. The number of anilines is 1. The predicted molar refractivity (Wildman–Crippen MR) is 131 cm³/mol. The average molecular weight is 518 g/mol. The first-order chi connectivity index (χ1) is 17.7. The zero-order valence-corrected chi connectivity index (χ0v) is 20.8. The number of alkyl halides is 3. The monoisotopic (exact) mass is 517 g/mol. The highest BCUT2D eigenvalue weighted by Crippen LogP contribution is 2.39. The van der Waals surface area contributed by atoms with Crippen LogP contribution in [0.25, 0.3) is 11.1 Å². The topological polar surface area (TPSA) is 102 Å². The molecule has 1 amide bonds. The maximum Gasteiger partial charge on any atom is 0.417 e. The van der Waals surface area contributed by atoms with Gasteiger partial charge >= 0.3 is 6.18 Å². The Balaban J connectivity index is 1.50. The Morgan fingerprint density at radius 2 is 1.95 bits per heavy atom. The van der Waals surface area contributed by atoms with Crippen LogP contribution >= 0.6 is 0 Å². The fourth-order valence-corrected chi connectivity index (χ4v) is 4.36. The van der Waals surface area contributed by atoms with Gasteiger partial charge in [0.15, 0.2) is 0 Å². The van der Waals surface area contributed by atoms with Crippen LogP contribution in [0.4, 0.5) is 19.0 Å². The number of pyridine rings is 1. The number of hydrogen-bond donors (Lipinski definition) is 2. The summed E-state index contributed by atoms with van der Waals surface area (Å²) in [6, 6.07) is 6.40. The molecule has 2 heterocycles. The summed E-state index contributed by atoms with van der Waals surface area (Å²) in [7, 11) is 0. The van der Waals surface area contributed by atoms with Crippen molar-refractivity contribution in [3.63, 3.8) is 0 Å². The van der Waals surface area contributed by atoms with Gasteiger partial charge in [0.05, 0.1) is 18.3 Å². The summed E-state index contributed by atoms with van der Waals surface area (Å²) in [5.74, 6) is 0.881. The molecule has 37 heavy (non-hydrogen) atoms. The summed E-state index contributed by atoms with van der Waals surface area (Å²) in [4.78, 5) is 21.0. The van der Waals surface area contributed by atoms with E-state index in [9.17, 15) is 18.0 Å². The fourth-order valence-electron chi connectivity index (χ4n) is 4.36. The summed E-state index contributed by atoms with van der Waals surface area (Å²) in [5, 5.41) is 9.37. The van der Waals surface area contributed by atoms with Gasteiger partial charge in [0, 0.05) is 12.6 Å². The first-order valence-corrected chi connectivity index (χ1v) is 12.3. The number of aromatic nitrogens is 4. The van der Waals surface area contributed by atoms with E-state index >= 15 is 0 Å². The molecule has 0 aliphatic heterocycles. The molecular formula is C26H30F3N5O3. The van der Waals surface area contributed by atoms with Crippen LogP contribution in [0.15, 0.2) is 36.5 Å². The molecule has 2 aromatic heterocycles. The molecule has 3 aromatic rings. The lowest BCUT2D eigenvalue weighted by Gasteiger charge is -2.16. The number of hydrogen-bond acceptors (Lipinski definition) is 6. The third-order valence-corrected chi connectivity index (χ3v) is 6.10. The van der Waals surface area contributed by atoms with Crippen molar-refractivity contribution in [3.05, 3.63) is 53.7 Å². The minimum absolute atomic E-state index is 0.0211. The predicted octanol–water partition coefficient (Wildman–Crippen LogP) is 5.67. The lowest BCUT2D eigenvalue weighted by atomic mass is 9.99. The smallest absolute Gasteiger partial charge is 0.417 e. The molecule has 11 heteroatoms. The number of halogens is 3. The zero-order valence-electron chi connectivity index (χ0n) is 20.8. The number of carbonyl (C=O) groups excluding carboxylic acids is 1. The van der Waals surface area contributed by atoms with Gasteiger partial charge in [0.25, 0.3) is 5.91 Å². The van der Waals surface area contributed by atoms with E-state index in [2.05, 4.69) is 25.5 Å². The molecule has 0 saturated heterocycles. The van der Waals surface area contributed by atoms with Crippen LogP contribution in [0.3, 0.4) is 0 Å². The minimum atomic E-state index is -4.59. The third-order valence-electron chi connectivity index (χ3n) is 6.10. The van der Waals surface area contributed by atoms with Crippen LogP contribution in [-0.2, 0) is 17.3 Å². The van der Waals surface area contributed by atoms with Crippen LogP contribution in [0.2, 0.25) is 0 Å². The SMILES string of the molecule is CC(C)OCCOc1ccc(C(F)(F)F)c(-c2ccnc(NC(=O)c3n[nH]c(CC4CCCC4)n3)c2)c1. The fraction of sp³-hybridized carbons (Fsp3) is 0.462. The molecule has 198 valence electrons. The van der Waals surface area contributed by atoms with Gasteiger partial charge in [-0.25, -0.2) is 9.97 Å². The van der Waals surface area contributed by atoms with E-state index < -0.39 is 17.6 Å². The second-order valence-electron chi connectivity index (χ2n) is 9.32. The number of rotatable bonds is 10. The molecule has 4 rings (SSSR count). The quantitative estimate of drug-likeness (QED) is 0.336. The minimum Gasteiger partial charge on any atom is -0.491 e. The maximum atomic E-state index is 13.8. The maximum absolute atomic E-state index is 13.8. The number of ether oxygens (including phenoxy) is 2. The average Bonchev–Trinajstić information content (AvgIpc) is 3.54. The largest absolute Gasteiger partial charge is 0.491 e. The van der Waals surface area contributed by atoms with Crippen molar-refractivity contribution in [2.24, 2.45) is 5.92 Å². The molecule has 1 saturated carbocycles. The van der Waals surface area contributed by atoms with Gasteiger partial charge in [-0.15, -0.1) is 5.10 Å². The molecule has 1 aromatic carbocycles. The molecular weight excluding hydrogens is 487 g/mol. The van der Waals surface area contributed by atoms with Crippen LogP contribution in [0, 0.1) is 5.92 Å². The van der Waals surface area contributed by atoms with E-state index in [4.69, 9.17) is 9.47 Å². The molecule has 0 unspecified atom stereocenters. The summed E-state index contributed by atoms with van der Waals surface area (Å²) in [5.41, 5.74) is -0.699. The van der Waals surface area contributed by atoms with Crippen LogP contribution < -0.4 is 10.1 Å². The third kappa shape index (κ3) is 7.28. The number of benzene rings is 1. The van der Waals surface area contributed by atoms with E-state index in [-0.39, 0.29) is 41.2 Å². The zero-order chi connectivity index (χ0) is 26.4. The summed E-state index contributed by atoms with van der Waals surface area (Å²) in [6.45, 7) is 4.27. The number of nitrogens with one attached hydrogen (secondary N) is 2. The van der Waals surface area contributed by atoms with Crippen molar-refractivity contribution in [2.45, 2.75) is 58.2 Å². The highest BCUT2D eigenvalue weighted by atomic mass is 19.4. The Kier molecular flexibility index (Phi) is 8.42. The highest BCUT2D eigenvalue weighted by Gasteiger charge is 2.34. The lowest BCUT2D eigenvalue weighted by Crippen LogP contribution is -2.15. The number of aromatic amines is 1. The molecule has 0 radical (unpaired) electrons. The molecule has 1 aliphatic rings. The number of nitrogens with zero attached hydrogens (tertiary/aromatic N) is 3. The molecule has 0 atom stereocenters. The van der Waals surface area contributed by atoms with E-state index in [1.807, 2.05) is 13.8 Å². The van der Waals surface area contributed by atoms with E-state index in [1.54, 1.807) is 0 Å². The van der Waals surface area contributed by atoms with E-state index in [1.165, 1.54) is 43.3 Å². The van der Waals surface area contributed by atoms with Crippen LogP contribution in [0.5, 0.6) is 5.75 Å². The van der Waals surface area contributed by atoms with Crippen molar-refractivity contribution in [1.29, 1.82) is 0 Å². The van der Waals surface area contributed by atoms with Crippen molar-refractivity contribution >= 4 is 11.7 Å². The van der Waals surface area contributed by atoms with E-state index in [0.29, 0.717) is 18.3 Å². The van der Waals surface area contributed by atoms with Gasteiger partial charge in [-0.05, 0) is 61.2 Å². The lowest BCUT2D eigenvalue weighted by molar-refractivity contribution is -0.137. The van der Waals surface area contributed by atoms with Crippen molar-refractivity contribution < 1.29 is 27.4 Å². The Labute approximate surface area is 213 Å². The first kappa shape index (κ1) is 26.6. The molecule has 0 spiro atoms. The van der Waals surface area contributed by atoms with Crippen molar-refractivity contribution in [1.82, 2.24) is 20.2 Å². The molecule has 0 bridgehead atoms. The normalized spacial score (nSPS) is 14.3. The Hall–Kier alpha value is -3.47. The second-order valence-corrected chi connectivity index (χ2v) is 9.32. The number of H-pyrrole nitrogens is 1. The number of amides is 1. The standard InChI is InChI=1S/C26H30F3N5O3/c1-16(2)36-11-12-37-19-7-8-21(26(27,28)29)20(15-19)18-9-10-30-22(14-18)32-25(35)24-31-23(33-34-24)13-17-5-3-4-6-17/h7-10,14-17H,3-6,11-13H2,1-2H3,(H,30,32,35)(H,31,33,34). The van der Waals surface area contributed by atoms with E-state index in [0.717, 1.165) is 25.3 Å². The van der Waals surface area contributed by atoms with Gasteiger partial charge in [-0.1, -0.05) is 25.7 Å². The van der Waals surface area contributed by atoms with Gasteiger partial charge in [0.1, 0.15) is 24.0 Å². The van der Waals surface area contributed by atoms with Gasteiger partial charge in [-0.3, -0.25) is 9.89 Å². The Morgan fingerprint density at radius 3 is 2.68 bits per heavy atom. The summed E-state index contributed by atoms with van der Waals surface area (Å²) >= 11 is 0. The second kappa shape index (κ2) is 11.7.